The molecule has 23 heavy (non-hydrogen) atoms. The van der Waals surface area contributed by atoms with E-state index in [9.17, 15) is 13.2 Å². The maximum absolute atomic E-state index is 12.6. The lowest BCUT2D eigenvalue weighted by atomic mass is 10.0. The summed E-state index contributed by atoms with van der Waals surface area (Å²) in [5, 5.41) is 2.12. The maximum atomic E-state index is 12.6. The van der Waals surface area contributed by atoms with E-state index < -0.39 is 17.8 Å². The van der Waals surface area contributed by atoms with Gasteiger partial charge in [0.1, 0.15) is 6.10 Å². The summed E-state index contributed by atoms with van der Waals surface area (Å²) in [6.45, 7) is 2.14. The lowest BCUT2D eigenvalue weighted by Gasteiger charge is -2.26. The SMILES string of the molecule is FC(F)(F)c1ccc(C2ON(CC3CCCOC3)C=C2Cl)cc1. The summed E-state index contributed by atoms with van der Waals surface area (Å²) < 4.78 is 43.3. The molecule has 2 heterocycles. The first-order chi connectivity index (χ1) is 10.9. The van der Waals surface area contributed by atoms with Gasteiger partial charge in [-0.3, -0.25) is 9.90 Å². The molecule has 0 radical (unpaired) electrons. The molecule has 1 fully saturated rings. The van der Waals surface area contributed by atoms with Gasteiger partial charge in [-0.1, -0.05) is 23.7 Å². The zero-order valence-corrected chi connectivity index (χ0v) is 13.1. The van der Waals surface area contributed by atoms with Crippen LogP contribution in [0.3, 0.4) is 0 Å². The number of rotatable bonds is 3. The van der Waals surface area contributed by atoms with E-state index in [0.717, 1.165) is 31.6 Å². The van der Waals surface area contributed by atoms with Gasteiger partial charge in [-0.15, -0.1) is 0 Å². The van der Waals surface area contributed by atoms with E-state index in [1.807, 2.05) is 0 Å². The first-order valence-corrected chi connectivity index (χ1v) is 7.87. The Hall–Kier alpha value is -1.24. The van der Waals surface area contributed by atoms with Crippen LogP contribution in [0.2, 0.25) is 0 Å². The quantitative estimate of drug-likeness (QED) is 0.803. The monoisotopic (exact) mass is 347 g/mol. The highest BCUT2D eigenvalue weighted by Gasteiger charge is 2.32. The molecule has 3 nitrogen and oxygen atoms in total. The molecule has 1 saturated heterocycles. The van der Waals surface area contributed by atoms with Crippen LogP contribution < -0.4 is 0 Å². The number of hydroxylamine groups is 2. The summed E-state index contributed by atoms with van der Waals surface area (Å²) in [5.74, 6) is 0.371. The van der Waals surface area contributed by atoms with Gasteiger partial charge in [-0.25, -0.2) is 0 Å². The van der Waals surface area contributed by atoms with Crippen LogP contribution in [-0.4, -0.2) is 24.8 Å². The van der Waals surface area contributed by atoms with Crippen molar-refractivity contribution in [3.63, 3.8) is 0 Å². The summed E-state index contributed by atoms with van der Waals surface area (Å²) in [6, 6.07) is 4.88. The van der Waals surface area contributed by atoms with E-state index >= 15 is 0 Å². The molecule has 3 rings (SSSR count). The second-order valence-corrected chi connectivity index (χ2v) is 6.24. The molecule has 1 aromatic rings. The van der Waals surface area contributed by atoms with E-state index in [-0.39, 0.29) is 0 Å². The van der Waals surface area contributed by atoms with Crippen LogP contribution in [0.5, 0.6) is 0 Å². The van der Waals surface area contributed by atoms with Crippen molar-refractivity contribution in [3.05, 3.63) is 46.6 Å². The standard InChI is InChI=1S/C16H17ClF3NO2/c17-14-9-21(8-11-2-1-7-22-10-11)23-15(14)12-3-5-13(6-4-12)16(18,19)20/h3-6,9,11,15H,1-2,7-8,10H2. The Labute approximate surface area is 137 Å². The van der Waals surface area contributed by atoms with Gasteiger partial charge in [0.05, 0.1) is 17.2 Å². The Morgan fingerprint density at radius 2 is 1.96 bits per heavy atom. The van der Waals surface area contributed by atoms with Crippen molar-refractivity contribution >= 4 is 11.6 Å². The molecule has 7 heteroatoms. The Balaban J connectivity index is 1.64. The third-order valence-electron chi connectivity index (χ3n) is 3.99. The number of halogens is 4. The van der Waals surface area contributed by atoms with Gasteiger partial charge in [0.2, 0.25) is 0 Å². The number of hydrogen-bond donors (Lipinski definition) is 0. The minimum absolute atomic E-state index is 0.371. The summed E-state index contributed by atoms with van der Waals surface area (Å²) >= 11 is 6.20. The fourth-order valence-electron chi connectivity index (χ4n) is 2.79. The van der Waals surface area contributed by atoms with E-state index in [2.05, 4.69) is 0 Å². The summed E-state index contributed by atoms with van der Waals surface area (Å²) in [4.78, 5) is 5.76. The molecule has 0 bridgehead atoms. The molecule has 0 N–H and O–H groups in total. The number of alkyl halides is 3. The lowest BCUT2D eigenvalue weighted by Crippen LogP contribution is -2.29. The van der Waals surface area contributed by atoms with Crippen LogP contribution in [0, 0.1) is 5.92 Å². The van der Waals surface area contributed by atoms with Crippen LogP contribution in [0.1, 0.15) is 30.1 Å². The van der Waals surface area contributed by atoms with Crippen molar-refractivity contribution in [3.8, 4) is 0 Å². The second kappa shape index (κ2) is 6.71. The fraction of sp³-hybridized carbons (Fsp3) is 0.500. The molecule has 2 aliphatic rings. The zero-order valence-electron chi connectivity index (χ0n) is 12.4. The molecule has 0 saturated carbocycles. The number of benzene rings is 1. The molecule has 0 aromatic heterocycles. The number of nitrogens with zero attached hydrogens (tertiary/aromatic N) is 1. The molecular formula is C16H17ClF3NO2. The van der Waals surface area contributed by atoms with Crippen molar-refractivity contribution in [2.24, 2.45) is 5.92 Å². The van der Waals surface area contributed by atoms with Crippen LogP contribution in [0.25, 0.3) is 0 Å². The maximum Gasteiger partial charge on any atom is 0.416 e. The first kappa shape index (κ1) is 16.6. The molecule has 1 aromatic carbocycles. The van der Waals surface area contributed by atoms with Crippen LogP contribution in [0.15, 0.2) is 35.5 Å². The minimum atomic E-state index is -4.35. The summed E-state index contributed by atoms with van der Waals surface area (Å²) in [5.41, 5.74) is -0.0859. The fourth-order valence-corrected chi connectivity index (χ4v) is 3.06. The highest BCUT2D eigenvalue weighted by atomic mass is 35.5. The lowest BCUT2D eigenvalue weighted by molar-refractivity contribution is -0.146. The Bertz CT molecular complexity index is 568. The first-order valence-electron chi connectivity index (χ1n) is 7.49. The predicted octanol–water partition coefficient (Wildman–Crippen LogP) is 4.50. The van der Waals surface area contributed by atoms with E-state index in [4.69, 9.17) is 21.2 Å². The Kier molecular flexibility index (Phi) is 4.85. The molecule has 0 spiro atoms. The average Bonchev–Trinajstić information content (AvgIpc) is 2.88. The largest absolute Gasteiger partial charge is 0.416 e. The van der Waals surface area contributed by atoms with Gasteiger partial charge in [0.25, 0.3) is 0 Å². The van der Waals surface area contributed by atoms with Gasteiger partial charge >= 0.3 is 6.18 Å². The van der Waals surface area contributed by atoms with E-state index in [1.165, 1.54) is 12.1 Å². The molecule has 2 unspecified atom stereocenters. The van der Waals surface area contributed by atoms with Crippen LogP contribution >= 0.6 is 11.6 Å². The third kappa shape index (κ3) is 4.00. The highest BCUT2D eigenvalue weighted by molar-refractivity contribution is 6.30. The highest BCUT2D eigenvalue weighted by Crippen LogP contribution is 2.37. The third-order valence-corrected chi connectivity index (χ3v) is 4.29. The average molecular weight is 348 g/mol. The van der Waals surface area contributed by atoms with E-state index in [1.54, 1.807) is 11.3 Å². The van der Waals surface area contributed by atoms with Crippen molar-refractivity contribution in [1.29, 1.82) is 0 Å². The molecule has 126 valence electrons. The molecule has 2 aliphatic heterocycles. The van der Waals surface area contributed by atoms with Crippen LogP contribution in [-0.2, 0) is 15.8 Å². The summed E-state index contributed by atoms with van der Waals surface area (Å²) in [7, 11) is 0. The molecule has 0 amide bonds. The van der Waals surface area contributed by atoms with Gasteiger partial charge < -0.3 is 4.74 Å². The predicted molar refractivity (Wildman–Crippen MR) is 79.5 cm³/mol. The van der Waals surface area contributed by atoms with E-state index in [0.29, 0.717) is 29.7 Å². The molecular weight excluding hydrogens is 331 g/mol. The Morgan fingerprint density at radius 1 is 1.22 bits per heavy atom. The second-order valence-electron chi connectivity index (χ2n) is 5.80. The normalized spacial score (nSPS) is 25.6. The molecule has 0 aliphatic carbocycles. The van der Waals surface area contributed by atoms with Crippen molar-refractivity contribution < 1.29 is 22.7 Å². The zero-order chi connectivity index (χ0) is 16.4. The topological polar surface area (TPSA) is 21.7 Å². The van der Waals surface area contributed by atoms with Gasteiger partial charge in [0.15, 0.2) is 0 Å². The molecule has 2 atom stereocenters. The van der Waals surface area contributed by atoms with Gasteiger partial charge in [0, 0.05) is 25.3 Å². The summed E-state index contributed by atoms with van der Waals surface area (Å²) in [6.07, 6.45) is -1.11. The number of ether oxygens (including phenoxy) is 1. The number of hydrogen-bond acceptors (Lipinski definition) is 3. The van der Waals surface area contributed by atoms with Crippen molar-refractivity contribution in [2.45, 2.75) is 25.1 Å². The minimum Gasteiger partial charge on any atom is -0.381 e. The van der Waals surface area contributed by atoms with Crippen molar-refractivity contribution in [1.82, 2.24) is 5.06 Å². The Morgan fingerprint density at radius 3 is 2.57 bits per heavy atom. The van der Waals surface area contributed by atoms with Gasteiger partial charge in [-0.2, -0.15) is 13.2 Å². The van der Waals surface area contributed by atoms with Gasteiger partial charge in [-0.05, 0) is 30.5 Å². The van der Waals surface area contributed by atoms with Crippen molar-refractivity contribution in [2.75, 3.05) is 19.8 Å². The van der Waals surface area contributed by atoms with Crippen LogP contribution in [0.4, 0.5) is 13.2 Å². The smallest absolute Gasteiger partial charge is 0.381 e.